The van der Waals surface area contributed by atoms with Gasteiger partial charge in [-0.2, -0.15) is 5.10 Å². The van der Waals surface area contributed by atoms with Crippen molar-refractivity contribution in [2.75, 3.05) is 13.1 Å². The summed E-state index contributed by atoms with van der Waals surface area (Å²) in [6.07, 6.45) is 8.65. The van der Waals surface area contributed by atoms with E-state index in [4.69, 9.17) is 0 Å². The van der Waals surface area contributed by atoms with Crippen LogP contribution in [0.4, 0.5) is 0 Å². The van der Waals surface area contributed by atoms with Crippen molar-refractivity contribution in [3.8, 4) is 0 Å². The van der Waals surface area contributed by atoms with Gasteiger partial charge in [-0.3, -0.25) is 19.2 Å². The molecule has 2 aliphatic rings. The van der Waals surface area contributed by atoms with Gasteiger partial charge in [0, 0.05) is 44.0 Å². The molecule has 1 aliphatic carbocycles. The highest BCUT2D eigenvalue weighted by Gasteiger charge is 2.36. The number of nitrogens with one attached hydrogen (secondary N) is 2. The third-order valence-electron chi connectivity index (χ3n) is 5.05. The Balaban J connectivity index is 1.55. The fourth-order valence-electron chi connectivity index (χ4n) is 3.73. The summed E-state index contributed by atoms with van der Waals surface area (Å²) in [6, 6.07) is 0.122. The molecule has 2 N–H and O–H groups in total. The monoisotopic (exact) mass is 333 g/mol. The van der Waals surface area contributed by atoms with Crippen molar-refractivity contribution in [3.63, 3.8) is 0 Å². The lowest BCUT2D eigenvalue weighted by Gasteiger charge is -2.38. The zero-order valence-electron chi connectivity index (χ0n) is 14.3. The Morgan fingerprint density at radius 1 is 1.42 bits per heavy atom. The van der Waals surface area contributed by atoms with Crippen LogP contribution in [0, 0.1) is 0 Å². The van der Waals surface area contributed by atoms with Gasteiger partial charge in [0.1, 0.15) is 0 Å². The topological polar surface area (TPSA) is 79.3 Å². The molecular formula is C17H27N5O2. The molecule has 0 aromatic carbocycles. The van der Waals surface area contributed by atoms with E-state index in [1.807, 2.05) is 17.8 Å². The van der Waals surface area contributed by atoms with Crippen LogP contribution in [0.1, 0.15) is 44.6 Å². The van der Waals surface area contributed by atoms with E-state index in [0.717, 1.165) is 31.5 Å². The van der Waals surface area contributed by atoms with E-state index in [1.54, 1.807) is 6.20 Å². The summed E-state index contributed by atoms with van der Waals surface area (Å²) >= 11 is 0. The van der Waals surface area contributed by atoms with Crippen LogP contribution in [0.25, 0.3) is 0 Å². The van der Waals surface area contributed by atoms with Gasteiger partial charge < -0.3 is 10.6 Å². The first-order chi connectivity index (χ1) is 11.7. The van der Waals surface area contributed by atoms with Gasteiger partial charge in [0.05, 0.1) is 18.7 Å². The number of rotatable bonds is 6. The number of piperazine rings is 1. The molecule has 2 fully saturated rings. The molecule has 1 atom stereocenters. The van der Waals surface area contributed by atoms with Crippen LogP contribution in [0.2, 0.25) is 0 Å². The maximum Gasteiger partial charge on any atom is 0.237 e. The van der Waals surface area contributed by atoms with Crippen LogP contribution in [-0.2, 0) is 22.7 Å². The average molecular weight is 333 g/mol. The van der Waals surface area contributed by atoms with Crippen LogP contribution >= 0.6 is 0 Å². The molecule has 0 radical (unpaired) electrons. The van der Waals surface area contributed by atoms with Crippen LogP contribution in [0.3, 0.4) is 0 Å². The van der Waals surface area contributed by atoms with E-state index in [-0.39, 0.29) is 24.3 Å². The lowest BCUT2D eigenvalue weighted by Crippen LogP contribution is -2.59. The fraction of sp³-hybridized carbons (Fsp3) is 0.706. The molecular weight excluding hydrogens is 306 g/mol. The number of hydrogen-bond donors (Lipinski definition) is 2. The Labute approximate surface area is 142 Å². The van der Waals surface area contributed by atoms with Crippen LogP contribution < -0.4 is 10.6 Å². The van der Waals surface area contributed by atoms with E-state index in [1.165, 1.54) is 12.8 Å². The summed E-state index contributed by atoms with van der Waals surface area (Å²) in [4.78, 5) is 26.8. The standard InChI is InChI=1S/C17H27N5O2/c1-2-21-12-13(11-20-21)10-19-16(23)9-15-17(24)18-7-8-22(15)14-5-3-4-6-14/h11-12,14-15H,2-10H2,1H3,(H,18,24)(H,19,23). The van der Waals surface area contributed by atoms with Crippen molar-refractivity contribution in [3.05, 3.63) is 18.0 Å². The van der Waals surface area contributed by atoms with Gasteiger partial charge in [0.2, 0.25) is 11.8 Å². The second-order valence-corrected chi connectivity index (χ2v) is 6.67. The molecule has 3 rings (SSSR count). The molecule has 1 aromatic heterocycles. The second kappa shape index (κ2) is 7.79. The highest BCUT2D eigenvalue weighted by Crippen LogP contribution is 2.26. The zero-order chi connectivity index (χ0) is 16.9. The zero-order valence-corrected chi connectivity index (χ0v) is 14.3. The summed E-state index contributed by atoms with van der Waals surface area (Å²) in [5, 5.41) is 10.0. The predicted molar refractivity (Wildman–Crippen MR) is 90.1 cm³/mol. The van der Waals surface area contributed by atoms with Gasteiger partial charge in [0.15, 0.2) is 0 Å². The van der Waals surface area contributed by atoms with Crippen molar-refractivity contribution in [1.82, 2.24) is 25.3 Å². The molecule has 1 aromatic rings. The first kappa shape index (κ1) is 17.0. The molecule has 7 heteroatoms. The summed E-state index contributed by atoms with van der Waals surface area (Å²) in [5.41, 5.74) is 0.978. The maximum absolute atomic E-state index is 12.3. The summed E-state index contributed by atoms with van der Waals surface area (Å²) in [7, 11) is 0. The van der Waals surface area contributed by atoms with E-state index in [0.29, 0.717) is 19.1 Å². The number of nitrogens with zero attached hydrogens (tertiary/aromatic N) is 3. The summed E-state index contributed by atoms with van der Waals surface area (Å²) in [5.74, 6) is -0.0913. The Kier molecular flexibility index (Phi) is 5.50. The van der Waals surface area contributed by atoms with Gasteiger partial charge in [0.25, 0.3) is 0 Å². The lowest BCUT2D eigenvalue weighted by molar-refractivity contribution is -0.135. The molecule has 1 saturated carbocycles. The second-order valence-electron chi connectivity index (χ2n) is 6.67. The normalized spacial score (nSPS) is 22.5. The molecule has 1 aliphatic heterocycles. The fourth-order valence-corrected chi connectivity index (χ4v) is 3.73. The number of amides is 2. The number of hydrogen-bond acceptors (Lipinski definition) is 4. The number of aromatic nitrogens is 2. The van der Waals surface area contributed by atoms with Crippen molar-refractivity contribution >= 4 is 11.8 Å². The van der Waals surface area contributed by atoms with Crippen molar-refractivity contribution < 1.29 is 9.59 Å². The van der Waals surface area contributed by atoms with Gasteiger partial charge in [-0.05, 0) is 19.8 Å². The minimum atomic E-state index is -0.333. The Morgan fingerprint density at radius 3 is 2.92 bits per heavy atom. The smallest absolute Gasteiger partial charge is 0.237 e. The van der Waals surface area contributed by atoms with E-state index in [9.17, 15) is 9.59 Å². The number of carbonyl (C=O) groups is 2. The van der Waals surface area contributed by atoms with Crippen molar-refractivity contribution in [2.45, 2.75) is 64.2 Å². The number of aryl methyl sites for hydroxylation is 1. The van der Waals surface area contributed by atoms with E-state index >= 15 is 0 Å². The van der Waals surface area contributed by atoms with Gasteiger partial charge in [-0.25, -0.2) is 0 Å². The molecule has 132 valence electrons. The van der Waals surface area contributed by atoms with Crippen LogP contribution in [-0.4, -0.2) is 51.7 Å². The van der Waals surface area contributed by atoms with Gasteiger partial charge >= 0.3 is 0 Å². The predicted octanol–water partition coefficient (Wildman–Crippen LogP) is 0.652. The lowest BCUT2D eigenvalue weighted by atomic mass is 10.0. The SMILES string of the molecule is CCn1cc(CNC(=O)CC2C(=O)NCCN2C2CCCC2)cn1. The largest absolute Gasteiger partial charge is 0.353 e. The highest BCUT2D eigenvalue weighted by atomic mass is 16.2. The minimum absolute atomic E-state index is 0.0119. The third-order valence-corrected chi connectivity index (χ3v) is 5.05. The molecule has 0 spiro atoms. The Bertz CT molecular complexity index is 579. The number of carbonyl (C=O) groups excluding carboxylic acids is 2. The first-order valence-corrected chi connectivity index (χ1v) is 8.99. The highest BCUT2D eigenvalue weighted by molar-refractivity contribution is 5.88. The minimum Gasteiger partial charge on any atom is -0.353 e. The Morgan fingerprint density at radius 2 is 2.21 bits per heavy atom. The molecule has 1 saturated heterocycles. The molecule has 2 heterocycles. The molecule has 24 heavy (non-hydrogen) atoms. The van der Waals surface area contributed by atoms with Gasteiger partial charge in [-0.1, -0.05) is 12.8 Å². The van der Waals surface area contributed by atoms with E-state index < -0.39 is 0 Å². The first-order valence-electron chi connectivity index (χ1n) is 8.99. The summed E-state index contributed by atoms with van der Waals surface area (Å²) < 4.78 is 1.83. The quantitative estimate of drug-likeness (QED) is 0.801. The van der Waals surface area contributed by atoms with Crippen molar-refractivity contribution in [2.24, 2.45) is 0 Å². The van der Waals surface area contributed by atoms with Gasteiger partial charge in [-0.15, -0.1) is 0 Å². The molecule has 2 amide bonds. The van der Waals surface area contributed by atoms with E-state index in [2.05, 4.69) is 20.6 Å². The average Bonchev–Trinajstić information content (AvgIpc) is 3.26. The molecule has 1 unspecified atom stereocenters. The maximum atomic E-state index is 12.3. The van der Waals surface area contributed by atoms with Crippen molar-refractivity contribution in [1.29, 1.82) is 0 Å². The van der Waals surface area contributed by atoms with Crippen LogP contribution in [0.15, 0.2) is 12.4 Å². The van der Waals surface area contributed by atoms with Crippen LogP contribution in [0.5, 0.6) is 0 Å². The molecule has 7 nitrogen and oxygen atoms in total. The Hall–Kier alpha value is -1.89. The summed E-state index contributed by atoms with van der Waals surface area (Å²) in [6.45, 7) is 4.82. The third kappa shape index (κ3) is 3.95. The molecule has 0 bridgehead atoms.